The number of carbonyl (C=O) groups is 2. The standard InChI is InChI=1S/C16H22ClNO4/c1-10(2)7-15(19)18-13(16(20)22-4)9-11-5-6-14(21-3)12(17)8-11/h5-6,8,10,13H,7,9H2,1-4H3,(H,18,19)/t13-/m1/s1. The number of amides is 1. The van der Waals surface area contributed by atoms with Crippen LogP contribution in [0.25, 0.3) is 0 Å². The van der Waals surface area contributed by atoms with Gasteiger partial charge in [0.2, 0.25) is 5.91 Å². The van der Waals surface area contributed by atoms with Gasteiger partial charge < -0.3 is 14.8 Å². The van der Waals surface area contributed by atoms with Gasteiger partial charge in [0.05, 0.1) is 19.2 Å². The molecule has 0 aliphatic rings. The van der Waals surface area contributed by atoms with Crippen LogP contribution in [0.3, 0.4) is 0 Å². The minimum Gasteiger partial charge on any atom is -0.495 e. The lowest BCUT2D eigenvalue weighted by Crippen LogP contribution is -2.43. The Morgan fingerprint density at radius 3 is 2.45 bits per heavy atom. The molecular formula is C16H22ClNO4. The lowest BCUT2D eigenvalue weighted by Gasteiger charge is -2.17. The van der Waals surface area contributed by atoms with Crippen molar-refractivity contribution < 1.29 is 19.1 Å². The van der Waals surface area contributed by atoms with Gasteiger partial charge in [0.1, 0.15) is 11.8 Å². The van der Waals surface area contributed by atoms with Crippen LogP contribution >= 0.6 is 11.6 Å². The number of nitrogens with one attached hydrogen (secondary N) is 1. The number of benzene rings is 1. The molecule has 0 unspecified atom stereocenters. The van der Waals surface area contributed by atoms with Crippen molar-refractivity contribution in [2.75, 3.05) is 14.2 Å². The summed E-state index contributed by atoms with van der Waals surface area (Å²) in [4.78, 5) is 23.7. The zero-order chi connectivity index (χ0) is 16.7. The quantitative estimate of drug-likeness (QED) is 0.782. The molecule has 0 aromatic heterocycles. The van der Waals surface area contributed by atoms with Crippen LogP contribution in [0, 0.1) is 5.92 Å². The summed E-state index contributed by atoms with van der Waals surface area (Å²) in [7, 11) is 2.83. The number of halogens is 1. The largest absolute Gasteiger partial charge is 0.495 e. The van der Waals surface area contributed by atoms with Crippen molar-refractivity contribution in [3.63, 3.8) is 0 Å². The van der Waals surface area contributed by atoms with E-state index in [-0.39, 0.29) is 11.8 Å². The Balaban J connectivity index is 2.83. The Hall–Kier alpha value is -1.75. The fourth-order valence-corrected chi connectivity index (χ4v) is 2.31. The molecule has 1 rings (SSSR count). The number of carbonyl (C=O) groups excluding carboxylic acids is 2. The van der Waals surface area contributed by atoms with Gasteiger partial charge in [0, 0.05) is 12.8 Å². The monoisotopic (exact) mass is 327 g/mol. The third-order valence-electron chi connectivity index (χ3n) is 3.07. The summed E-state index contributed by atoms with van der Waals surface area (Å²) in [5.41, 5.74) is 0.811. The molecule has 0 saturated heterocycles. The average molecular weight is 328 g/mol. The summed E-state index contributed by atoms with van der Waals surface area (Å²) < 4.78 is 9.84. The lowest BCUT2D eigenvalue weighted by molar-refractivity contribution is -0.145. The second kappa shape index (κ2) is 8.63. The van der Waals surface area contributed by atoms with E-state index in [0.29, 0.717) is 23.6 Å². The Morgan fingerprint density at radius 1 is 1.27 bits per heavy atom. The number of esters is 1. The minimum atomic E-state index is -0.735. The molecule has 1 aromatic carbocycles. The van der Waals surface area contributed by atoms with Crippen molar-refractivity contribution in [2.45, 2.75) is 32.7 Å². The van der Waals surface area contributed by atoms with Gasteiger partial charge in [-0.3, -0.25) is 4.79 Å². The predicted octanol–water partition coefficient (Wildman–Crippen LogP) is 2.60. The third kappa shape index (κ3) is 5.56. The van der Waals surface area contributed by atoms with Gasteiger partial charge in [-0.2, -0.15) is 0 Å². The number of hydrogen-bond acceptors (Lipinski definition) is 4. The topological polar surface area (TPSA) is 64.6 Å². The molecule has 1 N–H and O–H groups in total. The van der Waals surface area contributed by atoms with E-state index in [0.717, 1.165) is 5.56 Å². The van der Waals surface area contributed by atoms with Crippen molar-refractivity contribution in [3.05, 3.63) is 28.8 Å². The number of methoxy groups -OCH3 is 2. The molecule has 0 aliphatic carbocycles. The normalized spacial score (nSPS) is 11.9. The van der Waals surface area contributed by atoms with Gasteiger partial charge in [-0.05, 0) is 23.6 Å². The summed E-state index contributed by atoms with van der Waals surface area (Å²) in [6.45, 7) is 3.88. The molecular weight excluding hydrogens is 306 g/mol. The molecule has 0 saturated carbocycles. The highest BCUT2D eigenvalue weighted by molar-refractivity contribution is 6.32. The van der Waals surface area contributed by atoms with E-state index in [9.17, 15) is 9.59 Å². The SMILES string of the molecule is COC(=O)[C@@H](Cc1ccc(OC)c(Cl)c1)NC(=O)CC(C)C. The van der Waals surface area contributed by atoms with Gasteiger partial charge in [0.15, 0.2) is 0 Å². The van der Waals surface area contributed by atoms with E-state index in [1.807, 2.05) is 13.8 Å². The van der Waals surface area contributed by atoms with E-state index in [4.69, 9.17) is 21.1 Å². The van der Waals surface area contributed by atoms with Gasteiger partial charge >= 0.3 is 5.97 Å². The maximum atomic E-state index is 11.9. The maximum Gasteiger partial charge on any atom is 0.328 e. The Bertz CT molecular complexity index is 531. The summed E-state index contributed by atoms with van der Waals surface area (Å²) in [6.07, 6.45) is 0.664. The Labute approximate surface area is 135 Å². The number of hydrogen-bond donors (Lipinski definition) is 1. The molecule has 0 radical (unpaired) electrons. The van der Waals surface area contributed by atoms with Crippen LogP contribution < -0.4 is 10.1 Å². The van der Waals surface area contributed by atoms with Gasteiger partial charge in [0.25, 0.3) is 0 Å². The Morgan fingerprint density at radius 2 is 1.95 bits per heavy atom. The second-order valence-electron chi connectivity index (χ2n) is 5.41. The molecule has 1 atom stereocenters. The van der Waals surface area contributed by atoms with E-state index >= 15 is 0 Å². The lowest BCUT2D eigenvalue weighted by atomic mass is 10.0. The first-order chi connectivity index (χ1) is 10.4. The van der Waals surface area contributed by atoms with Crippen molar-refractivity contribution in [1.82, 2.24) is 5.32 Å². The molecule has 0 heterocycles. The number of rotatable bonds is 7. The number of ether oxygens (including phenoxy) is 2. The Kier molecular flexibility index (Phi) is 7.18. The van der Waals surface area contributed by atoms with Gasteiger partial charge in [-0.15, -0.1) is 0 Å². The average Bonchev–Trinajstić information content (AvgIpc) is 2.45. The highest BCUT2D eigenvalue weighted by atomic mass is 35.5. The molecule has 5 nitrogen and oxygen atoms in total. The summed E-state index contributed by atoms with van der Waals surface area (Å²) in [5.74, 6) is 0.117. The van der Waals surface area contributed by atoms with E-state index in [1.54, 1.807) is 18.2 Å². The molecule has 0 fully saturated rings. The second-order valence-corrected chi connectivity index (χ2v) is 5.82. The van der Waals surface area contributed by atoms with Crippen molar-refractivity contribution in [2.24, 2.45) is 5.92 Å². The zero-order valence-corrected chi connectivity index (χ0v) is 14.1. The summed E-state index contributed by atoms with van der Waals surface area (Å²) in [6, 6.07) is 4.50. The molecule has 6 heteroatoms. The smallest absolute Gasteiger partial charge is 0.328 e. The van der Waals surface area contributed by atoms with Crippen LogP contribution in [0.5, 0.6) is 5.75 Å². The van der Waals surface area contributed by atoms with Crippen molar-refractivity contribution >= 4 is 23.5 Å². The third-order valence-corrected chi connectivity index (χ3v) is 3.37. The molecule has 122 valence electrons. The van der Waals surface area contributed by atoms with E-state index in [2.05, 4.69) is 5.32 Å². The summed E-state index contributed by atoms with van der Waals surface area (Å²) in [5, 5.41) is 3.16. The summed E-state index contributed by atoms with van der Waals surface area (Å²) >= 11 is 6.07. The van der Waals surface area contributed by atoms with Gasteiger partial charge in [-0.1, -0.05) is 31.5 Å². The fourth-order valence-electron chi connectivity index (χ4n) is 2.03. The first kappa shape index (κ1) is 18.3. The minimum absolute atomic E-state index is 0.176. The highest BCUT2D eigenvalue weighted by Gasteiger charge is 2.22. The van der Waals surface area contributed by atoms with Crippen LogP contribution in [0.4, 0.5) is 0 Å². The first-order valence-electron chi connectivity index (χ1n) is 7.07. The first-order valence-corrected chi connectivity index (χ1v) is 7.44. The van der Waals surface area contributed by atoms with Crippen LogP contribution in [0.1, 0.15) is 25.8 Å². The molecule has 0 aliphatic heterocycles. The fraction of sp³-hybridized carbons (Fsp3) is 0.500. The molecule has 0 spiro atoms. The molecule has 0 bridgehead atoms. The predicted molar refractivity (Wildman–Crippen MR) is 85.1 cm³/mol. The molecule has 22 heavy (non-hydrogen) atoms. The van der Waals surface area contributed by atoms with Crippen LogP contribution in [0.2, 0.25) is 5.02 Å². The van der Waals surface area contributed by atoms with Crippen molar-refractivity contribution in [3.8, 4) is 5.75 Å². The van der Waals surface area contributed by atoms with Crippen LogP contribution in [-0.4, -0.2) is 32.1 Å². The highest BCUT2D eigenvalue weighted by Crippen LogP contribution is 2.25. The van der Waals surface area contributed by atoms with Crippen molar-refractivity contribution in [1.29, 1.82) is 0 Å². The molecule has 1 amide bonds. The van der Waals surface area contributed by atoms with E-state index < -0.39 is 12.0 Å². The maximum absolute atomic E-state index is 11.9. The van der Waals surface area contributed by atoms with Crippen LogP contribution in [0.15, 0.2) is 18.2 Å². The van der Waals surface area contributed by atoms with Gasteiger partial charge in [-0.25, -0.2) is 4.79 Å². The zero-order valence-electron chi connectivity index (χ0n) is 13.3. The van der Waals surface area contributed by atoms with E-state index in [1.165, 1.54) is 14.2 Å². The molecule has 1 aromatic rings. The van der Waals surface area contributed by atoms with Crippen LogP contribution in [-0.2, 0) is 20.7 Å².